The standard InChI is InChI=1S/C15H23NOS/c1-2-16-15-8-10-17-12-13(15)9-11-18-14-6-4-3-5-7-14/h3-7,13,15-16H,2,8-12H2,1H3. The van der Waals surface area contributed by atoms with Crippen molar-refractivity contribution >= 4 is 11.8 Å². The maximum Gasteiger partial charge on any atom is 0.0509 e. The lowest BCUT2D eigenvalue weighted by Gasteiger charge is -2.32. The average Bonchev–Trinajstić information content (AvgIpc) is 2.42. The van der Waals surface area contributed by atoms with Crippen molar-refractivity contribution in [2.45, 2.75) is 30.7 Å². The van der Waals surface area contributed by atoms with Crippen LogP contribution in [0.15, 0.2) is 35.2 Å². The van der Waals surface area contributed by atoms with Crippen molar-refractivity contribution < 1.29 is 4.74 Å². The Hall–Kier alpha value is -0.510. The van der Waals surface area contributed by atoms with Crippen molar-refractivity contribution in [3.63, 3.8) is 0 Å². The molecule has 1 aliphatic heterocycles. The van der Waals surface area contributed by atoms with E-state index in [4.69, 9.17) is 4.74 Å². The van der Waals surface area contributed by atoms with Crippen molar-refractivity contribution in [3.8, 4) is 0 Å². The van der Waals surface area contributed by atoms with Gasteiger partial charge in [0.25, 0.3) is 0 Å². The molecule has 3 heteroatoms. The van der Waals surface area contributed by atoms with Crippen LogP contribution in [-0.2, 0) is 4.74 Å². The summed E-state index contributed by atoms with van der Waals surface area (Å²) in [5, 5.41) is 3.59. The van der Waals surface area contributed by atoms with E-state index in [9.17, 15) is 0 Å². The summed E-state index contributed by atoms with van der Waals surface area (Å²) in [7, 11) is 0. The van der Waals surface area contributed by atoms with Gasteiger partial charge in [0.15, 0.2) is 0 Å². The monoisotopic (exact) mass is 265 g/mol. The number of thioether (sulfide) groups is 1. The van der Waals surface area contributed by atoms with E-state index in [2.05, 4.69) is 42.6 Å². The number of hydrogen-bond donors (Lipinski definition) is 1. The largest absolute Gasteiger partial charge is 0.381 e. The first-order valence-corrected chi connectivity index (χ1v) is 7.87. The SMILES string of the molecule is CCNC1CCOCC1CCSc1ccccc1. The number of ether oxygens (including phenoxy) is 1. The van der Waals surface area contributed by atoms with Crippen LogP contribution in [0.25, 0.3) is 0 Å². The molecule has 0 spiro atoms. The van der Waals surface area contributed by atoms with Crippen LogP contribution in [-0.4, -0.2) is 31.6 Å². The molecule has 1 aromatic carbocycles. The summed E-state index contributed by atoms with van der Waals surface area (Å²) in [4.78, 5) is 1.37. The molecule has 1 heterocycles. The number of rotatable bonds is 6. The Bertz CT molecular complexity index is 329. The van der Waals surface area contributed by atoms with Crippen LogP contribution in [0.1, 0.15) is 19.8 Å². The third-order valence-corrected chi connectivity index (χ3v) is 4.49. The summed E-state index contributed by atoms with van der Waals surface area (Å²) in [6, 6.07) is 11.3. The molecule has 0 saturated carbocycles. The highest BCUT2D eigenvalue weighted by molar-refractivity contribution is 7.99. The fourth-order valence-electron chi connectivity index (χ4n) is 2.46. The molecule has 1 saturated heterocycles. The Morgan fingerprint density at radius 1 is 1.33 bits per heavy atom. The quantitative estimate of drug-likeness (QED) is 0.798. The molecule has 18 heavy (non-hydrogen) atoms. The summed E-state index contributed by atoms with van der Waals surface area (Å²) in [6.45, 7) is 5.09. The van der Waals surface area contributed by atoms with Gasteiger partial charge in [-0.3, -0.25) is 0 Å². The highest BCUT2D eigenvalue weighted by atomic mass is 32.2. The van der Waals surface area contributed by atoms with E-state index in [1.54, 1.807) is 0 Å². The van der Waals surface area contributed by atoms with Gasteiger partial charge in [-0.1, -0.05) is 25.1 Å². The molecule has 2 atom stereocenters. The summed E-state index contributed by atoms with van der Waals surface area (Å²) in [5.41, 5.74) is 0. The second-order valence-corrected chi connectivity index (χ2v) is 5.91. The zero-order chi connectivity index (χ0) is 12.6. The van der Waals surface area contributed by atoms with Crippen LogP contribution in [0.2, 0.25) is 0 Å². The van der Waals surface area contributed by atoms with E-state index in [-0.39, 0.29) is 0 Å². The average molecular weight is 265 g/mol. The highest BCUT2D eigenvalue weighted by Gasteiger charge is 2.24. The number of nitrogens with one attached hydrogen (secondary N) is 1. The minimum absolute atomic E-state index is 0.653. The zero-order valence-electron chi connectivity index (χ0n) is 11.1. The van der Waals surface area contributed by atoms with Gasteiger partial charge >= 0.3 is 0 Å². The predicted molar refractivity (Wildman–Crippen MR) is 78.2 cm³/mol. The van der Waals surface area contributed by atoms with Crippen LogP contribution in [0, 0.1) is 5.92 Å². The number of hydrogen-bond acceptors (Lipinski definition) is 3. The first-order chi connectivity index (χ1) is 8.90. The molecule has 1 N–H and O–H groups in total. The maximum atomic E-state index is 5.61. The van der Waals surface area contributed by atoms with Crippen molar-refractivity contribution in [1.29, 1.82) is 0 Å². The van der Waals surface area contributed by atoms with Gasteiger partial charge in [-0.05, 0) is 43.2 Å². The van der Waals surface area contributed by atoms with Crippen LogP contribution < -0.4 is 5.32 Å². The maximum absolute atomic E-state index is 5.61. The topological polar surface area (TPSA) is 21.3 Å². The summed E-state index contributed by atoms with van der Waals surface area (Å²) < 4.78 is 5.61. The Morgan fingerprint density at radius 3 is 2.94 bits per heavy atom. The van der Waals surface area contributed by atoms with E-state index < -0.39 is 0 Å². The van der Waals surface area contributed by atoms with E-state index >= 15 is 0 Å². The van der Waals surface area contributed by atoms with E-state index in [1.165, 1.54) is 17.1 Å². The van der Waals surface area contributed by atoms with Gasteiger partial charge < -0.3 is 10.1 Å². The molecule has 100 valence electrons. The molecule has 0 amide bonds. The van der Waals surface area contributed by atoms with Gasteiger partial charge in [-0.2, -0.15) is 0 Å². The van der Waals surface area contributed by atoms with Gasteiger partial charge in [0.05, 0.1) is 6.61 Å². The predicted octanol–water partition coefficient (Wildman–Crippen LogP) is 3.18. The Morgan fingerprint density at radius 2 is 2.17 bits per heavy atom. The lowest BCUT2D eigenvalue weighted by molar-refractivity contribution is 0.0316. The molecule has 1 aromatic rings. The summed E-state index contributed by atoms with van der Waals surface area (Å²) in [5.74, 6) is 1.86. The van der Waals surface area contributed by atoms with Crippen molar-refractivity contribution in [2.24, 2.45) is 5.92 Å². The third-order valence-electron chi connectivity index (χ3n) is 3.44. The molecular weight excluding hydrogens is 242 g/mol. The molecule has 0 bridgehead atoms. The van der Waals surface area contributed by atoms with Gasteiger partial charge in [0.2, 0.25) is 0 Å². The van der Waals surface area contributed by atoms with Gasteiger partial charge in [-0.25, -0.2) is 0 Å². The first-order valence-electron chi connectivity index (χ1n) is 6.89. The molecule has 0 aromatic heterocycles. The lowest BCUT2D eigenvalue weighted by Crippen LogP contribution is -2.42. The van der Waals surface area contributed by atoms with Crippen LogP contribution in [0.4, 0.5) is 0 Å². The second-order valence-electron chi connectivity index (χ2n) is 4.74. The summed E-state index contributed by atoms with van der Waals surface area (Å²) >= 11 is 1.95. The van der Waals surface area contributed by atoms with Crippen LogP contribution in [0.3, 0.4) is 0 Å². The molecule has 1 aliphatic rings. The fourth-order valence-corrected chi connectivity index (χ4v) is 3.46. The van der Waals surface area contributed by atoms with E-state index in [0.29, 0.717) is 12.0 Å². The van der Waals surface area contributed by atoms with E-state index in [0.717, 1.165) is 26.2 Å². The summed E-state index contributed by atoms with van der Waals surface area (Å²) in [6.07, 6.45) is 2.39. The third kappa shape index (κ3) is 4.30. The van der Waals surface area contributed by atoms with Crippen LogP contribution >= 0.6 is 11.8 Å². The minimum atomic E-state index is 0.653. The Kier molecular flexibility index (Phi) is 6.05. The van der Waals surface area contributed by atoms with Crippen LogP contribution in [0.5, 0.6) is 0 Å². The molecule has 2 nitrogen and oxygen atoms in total. The molecule has 0 radical (unpaired) electrons. The van der Waals surface area contributed by atoms with E-state index in [1.807, 2.05) is 11.8 Å². The second kappa shape index (κ2) is 7.82. The molecule has 0 aliphatic carbocycles. The first kappa shape index (κ1) is 13.9. The zero-order valence-corrected chi connectivity index (χ0v) is 11.9. The Balaban J connectivity index is 1.74. The van der Waals surface area contributed by atoms with Crippen molar-refractivity contribution in [3.05, 3.63) is 30.3 Å². The smallest absolute Gasteiger partial charge is 0.0509 e. The molecule has 2 rings (SSSR count). The normalized spacial score (nSPS) is 24.1. The van der Waals surface area contributed by atoms with Gasteiger partial charge in [0, 0.05) is 17.5 Å². The minimum Gasteiger partial charge on any atom is -0.381 e. The molecular formula is C15H23NOS. The molecule has 2 unspecified atom stereocenters. The fraction of sp³-hybridized carbons (Fsp3) is 0.600. The van der Waals surface area contributed by atoms with Crippen molar-refractivity contribution in [1.82, 2.24) is 5.32 Å². The van der Waals surface area contributed by atoms with Gasteiger partial charge in [-0.15, -0.1) is 11.8 Å². The lowest BCUT2D eigenvalue weighted by atomic mass is 9.93. The highest BCUT2D eigenvalue weighted by Crippen LogP contribution is 2.24. The van der Waals surface area contributed by atoms with Crippen molar-refractivity contribution in [2.75, 3.05) is 25.5 Å². The van der Waals surface area contributed by atoms with Gasteiger partial charge in [0.1, 0.15) is 0 Å². The Labute approximate surface area is 114 Å². The number of benzene rings is 1. The molecule has 1 fully saturated rings.